The Bertz CT molecular complexity index is 40.8. The fourth-order valence-corrected chi connectivity index (χ4v) is 0.603. The third-order valence-electron chi connectivity index (χ3n) is 0.965. The summed E-state index contributed by atoms with van der Waals surface area (Å²) in [6, 6.07) is 0. The molecule has 1 heterocycles. The largest absolute Gasteiger partial charge is 0.364 e. The molecule has 0 aromatic carbocycles. The maximum absolute atomic E-state index is 5.31. The third-order valence-corrected chi connectivity index (χ3v) is 0.965. The zero-order valence-corrected chi connectivity index (χ0v) is 3.68. The van der Waals surface area contributed by atoms with Crippen molar-refractivity contribution in [2.75, 3.05) is 6.61 Å². The van der Waals surface area contributed by atoms with Crippen LogP contribution in [0.2, 0.25) is 0 Å². The average Bonchev–Trinajstić information content (AvgIpc) is 1.86. The van der Waals surface area contributed by atoms with Gasteiger partial charge in [0.05, 0.1) is 0 Å². The Morgan fingerprint density at radius 3 is 2.67 bits per heavy atom. The van der Waals surface area contributed by atoms with Crippen LogP contribution in [0.1, 0.15) is 12.8 Å². The van der Waals surface area contributed by atoms with Crippen molar-refractivity contribution in [2.24, 2.45) is 5.73 Å². The summed E-state index contributed by atoms with van der Waals surface area (Å²) in [5.41, 5.74) is 5.31. The summed E-state index contributed by atoms with van der Waals surface area (Å²) in [5, 5.41) is 0. The maximum Gasteiger partial charge on any atom is 0.105 e. The van der Waals surface area contributed by atoms with E-state index in [1.807, 2.05) is 0 Å². The van der Waals surface area contributed by atoms with Gasteiger partial charge in [-0.05, 0) is 12.8 Å². The Kier molecular flexibility index (Phi) is 1.08. The number of rotatable bonds is 0. The molecule has 1 atom stereocenters. The Hall–Kier alpha value is -0.0800. The van der Waals surface area contributed by atoms with Gasteiger partial charge in [0.15, 0.2) is 0 Å². The highest BCUT2D eigenvalue weighted by atomic mass is 16.5. The molecule has 0 amide bonds. The van der Waals surface area contributed by atoms with Crippen molar-refractivity contribution >= 4 is 0 Å². The zero-order valence-electron chi connectivity index (χ0n) is 3.68. The summed E-state index contributed by atoms with van der Waals surface area (Å²) >= 11 is 0. The smallest absolute Gasteiger partial charge is 0.105 e. The molecule has 1 saturated heterocycles. The van der Waals surface area contributed by atoms with Crippen LogP contribution in [-0.4, -0.2) is 12.8 Å². The summed E-state index contributed by atoms with van der Waals surface area (Å²) in [7, 11) is 0. The normalized spacial score (nSPS) is 34.5. The van der Waals surface area contributed by atoms with E-state index in [-0.39, 0.29) is 6.23 Å². The summed E-state index contributed by atoms with van der Waals surface area (Å²) < 4.78 is 4.93. The van der Waals surface area contributed by atoms with E-state index in [2.05, 4.69) is 0 Å². The van der Waals surface area contributed by atoms with Gasteiger partial charge in [-0.15, -0.1) is 0 Å². The molecule has 0 spiro atoms. The molecule has 1 aliphatic heterocycles. The van der Waals surface area contributed by atoms with Gasteiger partial charge in [0, 0.05) is 6.61 Å². The van der Waals surface area contributed by atoms with Gasteiger partial charge in [-0.1, -0.05) is 0 Å². The first kappa shape index (κ1) is 4.09. The van der Waals surface area contributed by atoms with Crippen LogP contribution in [0.5, 0.6) is 0 Å². The van der Waals surface area contributed by atoms with Crippen molar-refractivity contribution in [3.63, 3.8) is 0 Å². The first-order valence-corrected chi connectivity index (χ1v) is 2.27. The van der Waals surface area contributed by atoms with Crippen molar-refractivity contribution < 1.29 is 4.74 Å². The minimum Gasteiger partial charge on any atom is -0.364 e. The van der Waals surface area contributed by atoms with Crippen LogP contribution in [0.3, 0.4) is 0 Å². The first-order valence-electron chi connectivity index (χ1n) is 2.27. The van der Waals surface area contributed by atoms with Gasteiger partial charge in [0.2, 0.25) is 0 Å². The molecular formula is C4H9NO. The lowest BCUT2D eigenvalue weighted by atomic mass is 10.3. The van der Waals surface area contributed by atoms with E-state index in [1.54, 1.807) is 0 Å². The number of ether oxygens (including phenoxy) is 1. The van der Waals surface area contributed by atoms with Crippen LogP contribution in [0.4, 0.5) is 0 Å². The standard InChI is InChI=1S/C4H9NO/c5-4-2-1-3-6-4/h4H,1-3,5H2. The molecule has 0 aromatic heterocycles. The highest BCUT2D eigenvalue weighted by Crippen LogP contribution is 2.04. The quantitative estimate of drug-likeness (QED) is 0.454. The zero-order chi connectivity index (χ0) is 4.41. The van der Waals surface area contributed by atoms with Crippen molar-refractivity contribution in [2.45, 2.75) is 19.1 Å². The molecule has 0 radical (unpaired) electrons. The van der Waals surface area contributed by atoms with Gasteiger partial charge in [0.1, 0.15) is 6.23 Å². The lowest BCUT2D eigenvalue weighted by Crippen LogP contribution is -2.16. The molecular weight excluding hydrogens is 78.0 g/mol. The Morgan fingerprint density at radius 1 is 1.67 bits per heavy atom. The molecule has 2 heteroatoms. The fraction of sp³-hybridized carbons (Fsp3) is 1.00. The van der Waals surface area contributed by atoms with Gasteiger partial charge in [-0.25, -0.2) is 0 Å². The van der Waals surface area contributed by atoms with Crippen LogP contribution < -0.4 is 5.73 Å². The highest BCUT2D eigenvalue weighted by Gasteiger charge is 2.07. The number of hydrogen-bond acceptors (Lipinski definition) is 2. The molecule has 36 valence electrons. The third kappa shape index (κ3) is 0.698. The lowest BCUT2D eigenvalue weighted by molar-refractivity contribution is 0.116. The Labute approximate surface area is 37.3 Å². The van der Waals surface area contributed by atoms with Crippen molar-refractivity contribution in [1.82, 2.24) is 0 Å². The molecule has 1 fully saturated rings. The summed E-state index contributed by atoms with van der Waals surface area (Å²) in [5.74, 6) is 0. The second-order valence-electron chi connectivity index (χ2n) is 1.55. The van der Waals surface area contributed by atoms with E-state index in [1.165, 1.54) is 0 Å². The topological polar surface area (TPSA) is 35.2 Å². The maximum atomic E-state index is 5.31. The van der Waals surface area contributed by atoms with Gasteiger partial charge in [-0.3, -0.25) is 0 Å². The molecule has 6 heavy (non-hydrogen) atoms. The average molecular weight is 87.1 g/mol. The Morgan fingerprint density at radius 2 is 2.50 bits per heavy atom. The van der Waals surface area contributed by atoms with Crippen molar-refractivity contribution in [3.05, 3.63) is 0 Å². The molecule has 0 aliphatic carbocycles. The molecule has 1 aliphatic rings. The summed E-state index contributed by atoms with van der Waals surface area (Å²) in [4.78, 5) is 0. The molecule has 1 unspecified atom stereocenters. The predicted molar refractivity (Wildman–Crippen MR) is 23.2 cm³/mol. The van der Waals surface area contributed by atoms with E-state index >= 15 is 0 Å². The van der Waals surface area contributed by atoms with Crippen LogP contribution in [0, 0.1) is 0 Å². The van der Waals surface area contributed by atoms with E-state index in [4.69, 9.17) is 10.5 Å². The predicted octanol–water partition coefficient (Wildman–Crippen LogP) is 0.0816. The van der Waals surface area contributed by atoms with Crippen LogP contribution >= 0.6 is 0 Å². The first-order chi connectivity index (χ1) is 2.89. The minimum atomic E-state index is 0.0463. The summed E-state index contributed by atoms with van der Waals surface area (Å²) in [6.45, 7) is 0.862. The highest BCUT2D eigenvalue weighted by molar-refractivity contribution is 4.54. The van der Waals surface area contributed by atoms with Crippen LogP contribution in [0.15, 0.2) is 0 Å². The molecule has 0 aromatic rings. The van der Waals surface area contributed by atoms with Gasteiger partial charge >= 0.3 is 0 Å². The van der Waals surface area contributed by atoms with Gasteiger partial charge < -0.3 is 10.5 Å². The van der Waals surface area contributed by atoms with Crippen molar-refractivity contribution in [1.29, 1.82) is 0 Å². The molecule has 0 saturated carbocycles. The molecule has 2 N–H and O–H groups in total. The fourth-order valence-electron chi connectivity index (χ4n) is 0.603. The second kappa shape index (κ2) is 1.58. The summed E-state index contributed by atoms with van der Waals surface area (Å²) in [6.07, 6.45) is 2.23. The molecule has 2 nitrogen and oxygen atoms in total. The lowest BCUT2D eigenvalue weighted by Gasteiger charge is -1.95. The van der Waals surface area contributed by atoms with E-state index < -0.39 is 0 Å². The van der Waals surface area contributed by atoms with E-state index in [9.17, 15) is 0 Å². The number of hydrogen-bond donors (Lipinski definition) is 1. The van der Waals surface area contributed by atoms with Crippen LogP contribution in [-0.2, 0) is 4.74 Å². The van der Waals surface area contributed by atoms with Crippen molar-refractivity contribution in [3.8, 4) is 0 Å². The monoisotopic (exact) mass is 87.1 g/mol. The second-order valence-corrected chi connectivity index (χ2v) is 1.55. The Balaban J connectivity index is 2.18. The molecule has 0 bridgehead atoms. The number of nitrogens with two attached hydrogens (primary N) is 1. The SMILES string of the molecule is NC1CCCO1. The van der Waals surface area contributed by atoms with Gasteiger partial charge in [-0.2, -0.15) is 0 Å². The van der Waals surface area contributed by atoms with Gasteiger partial charge in [0.25, 0.3) is 0 Å². The van der Waals surface area contributed by atoms with Crippen LogP contribution in [0.25, 0.3) is 0 Å². The minimum absolute atomic E-state index is 0.0463. The van der Waals surface area contributed by atoms with E-state index in [0.717, 1.165) is 19.4 Å². The van der Waals surface area contributed by atoms with E-state index in [0.29, 0.717) is 0 Å². The molecule has 1 rings (SSSR count).